The predicted octanol–water partition coefficient (Wildman–Crippen LogP) is 3.72. The molecule has 2 aromatic carbocycles. The van der Waals surface area contributed by atoms with E-state index in [0.717, 1.165) is 10.8 Å². The van der Waals surface area contributed by atoms with Crippen LogP contribution in [0.1, 0.15) is 20.7 Å². The van der Waals surface area contributed by atoms with Gasteiger partial charge in [0.25, 0.3) is 11.8 Å². The number of piperazine rings is 1. The van der Waals surface area contributed by atoms with Crippen molar-refractivity contribution in [3.8, 4) is 23.0 Å². The molecule has 4 fully saturated rings. The number of aliphatic hydroxyl groups excluding tert-OH is 1. The monoisotopic (exact) mass is 662 g/mol. The van der Waals surface area contributed by atoms with E-state index in [1.54, 1.807) is 0 Å². The summed E-state index contributed by atoms with van der Waals surface area (Å²) in [5, 5.41) is 20.9. The summed E-state index contributed by atoms with van der Waals surface area (Å²) in [5.41, 5.74) is 0.510. The lowest BCUT2D eigenvalue weighted by atomic mass is 10.0. The Morgan fingerprint density at radius 1 is 1.12 bits per heavy atom. The largest absolute Gasteiger partial charge is 0.504 e. The molecule has 2 bridgehead atoms. The summed E-state index contributed by atoms with van der Waals surface area (Å²) in [6, 6.07) is 7.27. The summed E-state index contributed by atoms with van der Waals surface area (Å²) in [4.78, 5) is 53.2. The Kier molecular flexibility index (Phi) is 7.97. The molecule has 0 radical (unpaired) electrons. The van der Waals surface area contributed by atoms with Gasteiger partial charge in [-0.2, -0.15) is 0 Å². The number of aromatic hydroxyl groups is 1. The number of amides is 2. The first-order chi connectivity index (χ1) is 20.7. The van der Waals surface area contributed by atoms with Crippen molar-refractivity contribution in [3.05, 3.63) is 71.7 Å². The molecule has 16 heteroatoms. The number of carbonyl (C=O) groups excluding carboxylic acids is 4. The molecule has 5 aliphatic rings. The molecule has 7 rings (SSSR count). The number of ether oxygens (including phenoxy) is 4. The number of phenolic OH excluding ortho intramolecular Hbond substituents is 1. The van der Waals surface area contributed by atoms with Gasteiger partial charge in [-0.25, -0.2) is 4.79 Å². The number of fused-ring (bicyclic) bond motifs is 5. The molecule has 5 unspecified atom stereocenters. The number of methoxy groups -OCH3 is 1. The highest BCUT2D eigenvalue weighted by Gasteiger charge is 2.70. The van der Waals surface area contributed by atoms with Crippen molar-refractivity contribution < 1.29 is 48.3 Å². The van der Waals surface area contributed by atoms with Crippen molar-refractivity contribution in [1.29, 1.82) is 0 Å². The van der Waals surface area contributed by atoms with Crippen LogP contribution in [-0.4, -0.2) is 86.7 Å². The number of aliphatic hydroxyl groups is 1. The van der Waals surface area contributed by atoms with Crippen LogP contribution >= 0.6 is 41.2 Å². The molecule has 4 saturated heterocycles. The van der Waals surface area contributed by atoms with Gasteiger partial charge in [0.2, 0.25) is 4.87 Å². The number of nitrogens with zero attached hydrogens (tertiary/aromatic N) is 2. The average molecular weight is 663 g/mol. The second kappa shape index (κ2) is 11.6. The van der Waals surface area contributed by atoms with Gasteiger partial charge in [-0.3, -0.25) is 14.4 Å². The first-order valence-corrected chi connectivity index (χ1v) is 17.4. The predicted molar refractivity (Wildman–Crippen MR) is 160 cm³/mol. The van der Waals surface area contributed by atoms with Gasteiger partial charge in [-0.15, -0.1) is 0 Å². The second-order valence-corrected chi connectivity index (χ2v) is 15.6. The lowest BCUT2D eigenvalue weighted by Crippen LogP contribution is -2.71. The van der Waals surface area contributed by atoms with E-state index in [-0.39, 0.29) is 39.7 Å². The van der Waals surface area contributed by atoms with Crippen molar-refractivity contribution in [1.82, 2.24) is 9.80 Å². The first-order valence-electron chi connectivity index (χ1n) is 12.5. The highest BCUT2D eigenvalue weighted by molar-refractivity contribution is 9.26. The number of carbonyl (C=O) groups is 4. The Hall–Kier alpha value is -3.44. The Balaban J connectivity index is 1.33. The fourth-order valence-electron chi connectivity index (χ4n) is 5.19. The van der Waals surface area contributed by atoms with Crippen LogP contribution in [-0.2, 0) is 19.1 Å². The number of phenols is 1. The molecule has 12 nitrogen and oxygen atoms in total. The lowest BCUT2D eigenvalue weighted by molar-refractivity contribution is -0.162. The standard InChI is InChI=1S/C27H22N2O10S4/c1-28-24-23(33)29-21-15(22(32)27(29,26(28)35)41-43-42-40-24)12-37-8-7-18(21)39-25(34)14-4-6-17(36-2)20(10-14)38-19-9-13(11-30)3-5-16(19)31/h3-12,18,21-22,24,31-32H,1-2H3. The maximum Gasteiger partial charge on any atom is 0.338 e. The van der Waals surface area contributed by atoms with Gasteiger partial charge in [0.05, 0.1) is 25.2 Å². The zero-order valence-electron chi connectivity index (χ0n) is 22.3. The molecule has 2 amide bonds. The smallest absolute Gasteiger partial charge is 0.338 e. The summed E-state index contributed by atoms with van der Waals surface area (Å²) in [6.45, 7) is 0. The Morgan fingerprint density at radius 3 is 2.70 bits per heavy atom. The van der Waals surface area contributed by atoms with Crippen LogP contribution in [0.4, 0.5) is 0 Å². The third-order valence-electron chi connectivity index (χ3n) is 7.25. The fraction of sp³-hybridized carbons (Fsp3) is 0.259. The Morgan fingerprint density at radius 2 is 1.93 bits per heavy atom. The maximum absolute atomic E-state index is 13.8. The van der Waals surface area contributed by atoms with E-state index < -0.39 is 46.3 Å². The van der Waals surface area contributed by atoms with E-state index in [1.165, 1.54) is 109 Å². The molecular formula is C27H22N2O10S4. The number of esters is 1. The zero-order valence-corrected chi connectivity index (χ0v) is 25.5. The minimum absolute atomic E-state index is 0.0346. The highest BCUT2D eigenvalue weighted by Crippen LogP contribution is 2.62. The summed E-state index contributed by atoms with van der Waals surface area (Å²) in [6.07, 6.45) is 2.02. The van der Waals surface area contributed by atoms with Gasteiger partial charge >= 0.3 is 5.97 Å². The number of likely N-dealkylation sites (N-methyl/N-ethyl adjacent to an activating group) is 1. The van der Waals surface area contributed by atoms with Gasteiger partial charge in [0, 0.05) is 18.2 Å². The number of benzene rings is 2. The van der Waals surface area contributed by atoms with E-state index in [4.69, 9.17) is 18.9 Å². The molecule has 2 aromatic rings. The zero-order chi connectivity index (χ0) is 30.5. The van der Waals surface area contributed by atoms with Crippen molar-refractivity contribution >= 4 is 65.3 Å². The van der Waals surface area contributed by atoms with E-state index in [0.29, 0.717) is 6.29 Å². The molecule has 0 saturated carbocycles. The van der Waals surface area contributed by atoms with Crippen LogP contribution in [0, 0.1) is 0 Å². The molecule has 0 aromatic heterocycles. The normalized spacial score (nSPS) is 27.7. The summed E-state index contributed by atoms with van der Waals surface area (Å²) in [7, 11) is 7.83. The van der Waals surface area contributed by atoms with Crippen LogP contribution in [0.5, 0.6) is 23.0 Å². The number of hydrogen-bond donors (Lipinski definition) is 2. The molecule has 224 valence electrons. The average Bonchev–Trinajstić information content (AvgIpc) is 3.10. The molecule has 2 N–H and O–H groups in total. The summed E-state index contributed by atoms with van der Waals surface area (Å²) < 4.78 is 22.5. The Labute approximate surface area is 259 Å². The molecule has 43 heavy (non-hydrogen) atoms. The van der Waals surface area contributed by atoms with Crippen LogP contribution in [0.25, 0.3) is 0 Å². The quantitative estimate of drug-likeness (QED) is 0.263. The second-order valence-electron chi connectivity index (χ2n) is 9.60. The third-order valence-corrected chi connectivity index (χ3v) is 14.2. The SMILES string of the molecule is COc1ccc(C(=O)OC2C=COC=C3C2N2C(=O)C4SSSSC2(C(=O)N4C)C3O)cc1Oc1cc(C=O)ccc1O. The van der Waals surface area contributed by atoms with E-state index in [9.17, 15) is 29.4 Å². The summed E-state index contributed by atoms with van der Waals surface area (Å²) >= 11 is 0. The number of rotatable bonds is 6. The highest BCUT2D eigenvalue weighted by atomic mass is 33.7. The van der Waals surface area contributed by atoms with Crippen molar-refractivity contribution in [2.24, 2.45) is 0 Å². The fourth-order valence-corrected chi connectivity index (χ4v) is 12.4. The molecule has 1 spiro atoms. The van der Waals surface area contributed by atoms with Crippen LogP contribution in [0.15, 0.2) is 60.6 Å². The van der Waals surface area contributed by atoms with Gasteiger partial charge in [0.15, 0.2) is 28.4 Å². The molecule has 0 aliphatic carbocycles. The number of hydrogen-bond acceptors (Lipinski definition) is 14. The van der Waals surface area contributed by atoms with Crippen LogP contribution < -0.4 is 9.47 Å². The van der Waals surface area contributed by atoms with E-state index >= 15 is 0 Å². The first kappa shape index (κ1) is 29.6. The molecular weight excluding hydrogens is 641 g/mol. The molecule has 5 aliphatic heterocycles. The maximum atomic E-state index is 13.8. The molecule has 5 heterocycles. The third kappa shape index (κ3) is 4.81. The summed E-state index contributed by atoms with van der Waals surface area (Å²) in [5.74, 6) is -1.66. The van der Waals surface area contributed by atoms with Crippen molar-refractivity contribution in [2.45, 2.75) is 28.5 Å². The topological polar surface area (TPSA) is 152 Å². The molecule has 5 atom stereocenters. The number of aldehydes is 1. The van der Waals surface area contributed by atoms with Gasteiger partial charge in [-0.05, 0) is 83.7 Å². The van der Waals surface area contributed by atoms with Gasteiger partial charge in [0.1, 0.15) is 24.5 Å². The van der Waals surface area contributed by atoms with E-state index in [1.807, 2.05) is 0 Å². The van der Waals surface area contributed by atoms with Gasteiger partial charge in [-0.1, -0.05) is 0 Å². The lowest BCUT2D eigenvalue weighted by Gasteiger charge is -2.50. The van der Waals surface area contributed by atoms with Crippen molar-refractivity contribution in [2.75, 3.05) is 14.2 Å². The Bertz CT molecular complexity index is 1580. The van der Waals surface area contributed by atoms with Gasteiger partial charge < -0.3 is 39.0 Å². The van der Waals surface area contributed by atoms with Crippen LogP contribution in [0.2, 0.25) is 0 Å². The van der Waals surface area contributed by atoms with Crippen molar-refractivity contribution in [3.63, 3.8) is 0 Å². The minimum atomic E-state index is -1.68. The minimum Gasteiger partial charge on any atom is -0.504 e. The van der Waals surface area contributed by atoms with E-state index in [2.05, 4.69) is 0 Å². The van der Waals surface area contributed by atoms with Crippen LogP contribution in [0.3, 0.4) is 0 Å².